The summed E-state index contributed by atoms with van der Waals surface area (Å²) in [7, 11) is -0.611. The maximum Gasteiger partial charge on any atom is 0.204 e. The molecular weight excluding hydrogens is 370 g/mol. The fourth-order valence-corrected chi connectivity index (χ4v) is 1.17. The number of amides is 1. The molecule has 2 rings (SSSR count). The summed E-state index contributed by atoms with van der Waals surface area (Å²) < 4.78 is 9.56. The Balaban J connectivity index is -0.000000132. The smallest absolute Gasteiger partial charge is 0.204 e. The summed E-state index contributed by atoms with van der Waals surface area (Å²) in [5.41, 5.74) is 8.15. The van der Waals surface area contributed by atoms with Crippen molar-refractivity contribution in [2.45, 2.75) is 48.5 Å². The molecule has 0 heterocycles. The highest BCUT2D eigenvalue weighted by atomic mass is 32.2. The number of hydrogen-bond donors (Lipinski definition) is 1. The summed E-state index contributed by atoms with van der Waals surface area (Å²) in [5, 5.41) is 0. The second kappa shape index (κ2) is 27.0. The minimum Gasteiger partial charge on any atom is -0.372 e. The van der Waals surface area contributed by atoms with Gasteiger partial charge in [0.05, 0.1) is 0 Å². The lowest BCUT2D eigenvalue weighted by Gasteiger charge is -1.90. The molecule has 0 spiro atoms. The normalized spacial score (nSPS) is 7.64. The molecule has 0 aliphatic rings. The van der Waals surface area contributed by atoms with Gasteiger partial charge in [-0.1, -0.05) is 85.1 Å². The van der Waals surface area contributed by atoms with Crippen LogP contribution in [0.3, 0.4) is 0 Å². The topological polar surface area (TPSA) is 77.2 Å². The van der Waals surface area contributed by atoms with Gasteiger partial charge in [0, 0.05) is 23.3 Å². The highest BCUT2D eigenvalue weighted by Crippen LogP contribution is 1.99. The van der Waals surface area contributed by atoms with E-state index in [0.29, 0.717) is 0 Å². The van der Waals surface area contributed by atoms with Crippen molar-refractivity contribution in [1.29, 1.82) is 0 Å². The van der Waals surface area contributed by atoms with Crippen molar-refractivity contribution in [3.8, 4) is 0 Å². The number of carbonyl (C=O) groups is 2. The molecule has 0 aromatic heterocycles. The first kappa shape index (κ1) is 33.3. The third-order valence-electron chi connectivity index (χ3n) is 2.16. The molecule has 2 N–H and O–H groups in total. The maximum absolute atomic E-state index is 9.56. The molecule has 2 aromatic rings. The number of rotatable bonds is 0. The Kier molecular flexibility index (Phi) is 32.1. The zero-order valence-electron chi connectivity index (χ0n) is 19.0. The van der Waals surface area contributed by atoms with Crippen LogP contribution in [0.25, 0.3) is 0 Å². The molecule has 160 valence electrons. The molecule has 28 heavy (non-hydrogen) atoms. The largest absolute Gasteiger partial charge is 0.372 e. The molecule has 0 saturated heterocycles. The van der Waals surface area contributed by atoms with Gasteiger partial charge in [-0.25, -0.2) is 0 Å². The summed E-state index contributed by atoms with van der Waals surface area (Å²) in [6.45, 7) is 13.3. The van der Waals surface area contributed by atoms with Gasteiger partial charge in [0.15, 0.2) is 0 Å². The molecule has 0 fully saturated rings. The zero-order chi connectivity index (χ0) is 23.0. The summed E-state index contributed by atoms with van der Waals surface area (Å²) in [5.74, 6) is 0.167. The van der Waals surface area contributed by atoms with Crippen molar-refractivity contribution in [1.82, 2.24) is 0 Å². The molecule has 0 bridgehead atoms. The number of ketones is 1. The van der Waals surface area contributed by atoms with Crippen molar-refractivity contribution in [3.05, 3.63) is 71.3 Å². The molecular formula is C23H39NO3S. The molecule has 1 amide bonds. The van der Waals surface area contributed by atoms with Crippen LogP contribution < -0.4 is 5.73 Å². The number of primary amides is 1. The van der Waals surface area contributed by atoms with E-state index < -0.39 is 10.8 Å². The Morgan fingerprint density at radius 3 is 1.11 bits per heavy atom. The second-order valence-corrected chi connectivity index (χ2v) is 7.08. The van der Waals surface area contributed by atoms with Crippen LogP contribution in [0, 0.1) is 20.8 Å². The van der Waals surface area contributed by atoms with Crippen molar-refractivity contribution < 1.29 is 13.8 Å². The van der Waals surface area contributed by atoms with Gasteiger partial charge < -0.3 is 10.5 Å². The van der Waals surface area contributed by atoms with Crippen molar-refractivity contribution in [2.24, 2.45) is 5.73 Å². The van der Waals surface area contributed by atoms with E-state index in [-0.39, 0.29) is 12.2 Å². The maximum atomic E-state index is 9.56. The fraction of sp³-hybridized carbons (Fsp3) is 0.391. The number of benzene rings is 2. The summed E-state index contributed by atoms with van der Waals surface area (Å²) >= 11 is 0. The fourth-order valence-electron chi connectivity index (χ4n) is 1.17. The van der Waals surface area contributed by atoms with Crippen molar-refractivity contribution in [3.63, 3.8) is 0 Å². The number of aryl methyl sites for hydroxylation is 3. The van der Waals surface area contributed by atoms with E-state index in [0.717, 1.165) is 0 Å². The van der Waals surface area contributed by atoms with E-state index >= 15 is 0 Å². The van der Waals surface area contributed by atoms with Crippen LogP contribution in [-0.4, -0.2) is 28.9 Å². The van der Waals surface area contributed by atoms with Crippen molar-refractivity contribution >= 4 is 23.0 Å². The van der Waals surface area contributed by atoms with E-state index in [1.807, 2.05) is 32.0 Å². The van der Waals surface area contributed by atoms with E-state index in [9.17, 15) is 9.00 Å². The third-order valence-corrected chi connectivity index (χ3v) is 2.16. The average Bonchev–Trinajstić information content (AvgIpc) is 2.60. The zero-order valence-corrected chi connectivity index (χ0v) is 19.8. The van der Waals surface area contributed by atoms with Crippen LogP contribution in [0.1, 0.15) is 44.4 Å². The van der Waals surface area contributed by atoms with Crippen LogP contribution >= 0.6 is 0 Å². The molecule has 2 aromatic carbocycles. The number of hydrogen-bond acceptors (Lipinski definition) is 3. The number of carbonyl (C=O) groups excluding carboxylic acids is 2. The lowest BCUT2D eigenvalue weighted by atomic mass is 10.2. The van der Waals surface area contributed by atoms with Gasteiger partial charge >= 0.3 is 0 Å². The Labute approximate surface area is 175 Å². The van der Waals surface area contributed by atoms with Gasteiger partial charge in [0.2, 0.25) is 6.41 Å². The number of Topliss-reactive ketones (excluding diaryl/α,β-unsaturated/α-hetero) is 1. The minimum absolute atomic E-state index is 0.167. The predicted octanol–water partition coefficient (Wildman–Crippen LogP) is 5.02. The van der Waals surface area contributed by atoms with E-state index in [1.165, 1.54) is 30.5 Å². The van der Waals surface area contributed by atoms with Gasteiger partial charge in [-0.15, -0.1) is 0 Å². The molecule has 0 aliphatic carbocycles. The monoisotopic (exact) mass is 409 g/mol. The molecule has 4 nitrogen and oxygen atoms in total. The highest BCUT2D eigenvalue weighted by Gasteiger charge is 1.79. The predicted molar refractivity (Wildman–Crippen MR) is 125 cm³/mol. The molecule has 0 atom stereocenters. The molecule has 0 unspecified atom stereocenters. The van der Waals surface area contributed by atoms with E-state index in [1.54, 1.807) is 12.5 Å². The van der Waals surface area contributed by atoms with E-state index in [4.69, 9.17) is 4.79 Å². The molecule has 0 saturated carbocycles. The Bertz CT molecular complexity index is 556. The minimum atomic E-state index is -0.611. The molecule has 0 radical (unpaired) electrons. The van der Waals surface area contributed by atoms with Crippen LogP contribution in [0.4, 0.5) is 0 Å². The summed E-state index contributed by atoms with van der Waals surface area (Å²) in [6, 6.07) is 18.7. The Morgan fingerprint density at radius 2 is 0.964 bits per heavy atom. The van der Waals surface area contributed by atoms with Gasteiger partial charge in [0.1, 0.15) is 5.78 Å². The molecule has 5 heteroatoms. The standard InChI is InChI=1S/C8H10.C7H8.C3H6O.C2H6OS.C2H6.CH3NO/c1-7-3-5-8(2)6-4-7;1-7-5-3-2-4-6-7;1-3(2)4;1-4(2)3;1-2;2-1-3/h3-6H,1-2H3;2-6H,1H3;2*1-2H3;1-2H3;1H,(H2,2,3). The summed E-state index contributed by atoms with van der Waals surface area (Å²) in [6.07, 6.45) is 3.53. The SMILES string of the molecule is CC.CC(C)=O.CS(C)=O.Cc1ccc(C)cc1.Cc1ccccc1.NC=O. The quantitative estimate of drug-likeness (QED) is 0.621. The summed E-state index contributed by atoms with van der Waals surface area (Å²) in [4.78, 5) is 18.0. The van der Waals surface area contributed by atoms with Crippen LogP contribution in [0.2, 0.25) is 0 Å². The van der Waals surface area contributed by atoms with Crippen LogP contribution in [0.5, 0.6) is 0 Å². The lowest BCUT2D eigenvalue weighted by molar-refractivity contribution is -0.115. The van der Waals surface area contributed by atoms with Gasteiger partial charge in [-0.3, -0.25) is 9.00 Å². The first-order chi connectivity index (χ1) is 13.1. The first-order valence-corrected chi connectivity index (χ1v) is 11.0. The highest BCUT2D eigenvalue weighted by molar-refractivity contribution is 7.83. The Morgan fingerprint density at radius 1 is 0.786 bits per heavy atom. The van der Waals surface area contributed by atoms with Crippen molar-refractivity contribution in [2.75, 3.05) is 12.5 Å². The lowest BCUT2D eigenvalue weighted by Crippen LogP contribution is -1.82. The van der Waals surface area contributed by atoms with Gasteiger partial charge in [0.25, 0.3) is 0 Å². The van der Waals surface area contributed by atoms with Crippen LogP contribution in [-0.2, 0) is 20.4 Å². The second-order valence-electron chi connectivity index (χ2n) is 5.60. The average molecular weight is 410 g/mol. The van der Waals surface area contributed by atoms with Gasteiger partial charge in [-0.05, 0) is 34.6 Å². The van der Waals surface area contributed by atoms with E-state index in [2.05, 4.69) is 62.9 Å². The van der Waals surface area contributed by atoms with Gasteiger partial charge in [-0.2, -0.15) is 0 Å². The first-order valence-electron chi connectivity index (χ1n) is 8.99. The Hall–Kier alpha value is -2.27. The van der Waals surface area contributed by atoms with Crippen LogP contribution in [0.15, 0.2) is 54.6 Å². The molecule has 0 aliphatic heterocycles. The third kappa shape index (κ3) is 49.5. The number of nitrogens with two attached hydrogens (primary N) is 1.